The third-order valence-corrected chi connectivity index (χ3v) is 3.53. The lowest BCUT2D eigenvalue weighted by atomic mass is 9.94. The molecular formula is C16H18ClN. The topological polar surface area (TPSA) is 26.0 Å². The average molecular weight is 260 g/mol. The molecular weight excluding hydrogens is 242 g/mol. The van der Waals surface area contributed by atoms with Crippen LogP contribution in [0.4, 0.5) is 0 Å². The van der Waals surface area contributed by atoms with Crippen LogP contribution in [0.2, 0.25) is 5.02 Å². The minimum absolute atomic E-state index is 0.116. The van der Waals surface area contributed by atoms with Crippen molar-refractivity contribution in [2.75, 3.05) is 0 Å². The molecule has 1 unspecified atom stereocenters. The third kappa shape index (κ3) is 2.74. The second kappa shape index (κ2) is 5.55. The molecule has 0 aliphatic rings. The first kappa shape index (κ1) is 13.1. The van der Waals surface area contributed by atoms with Gasteiger partial charge in [0, 0.05) is 5.02 Å². The van der Waals surface area contributed by atoms with Gasteiger partial charge in [0.25, 0.3) is 0 Å². The van der Waals surface area contributed by atoms with Crippen LogP contribution in [0.15, 0.2) is 42.5 Å². The van der Waals surface area contributed by atoms with Crippen LogP contribution in [0.25, 0.3) is 0 Å². The highest BCUT2D eigenvalue weighted by atomic mass is 35.5. The van der Waals surface area contributed by atoms with Crippen molar-refractivity contribution >= 4 is 11.6 Å². The van der Waals surface area contributed by atoms with E-state index in [2.05, 4.69) is 38.1 Å². The zero-order chi connectivity index (χ0) is 13.1. The van der Waals surface area contributed by atoms with Crippen LogP contribution < -0.4 is 5.73 Å². The van der Waals surface area contributed by atoms with Crippen molar-refractivity contribution < 1.29 is 0 Å². The fourth-order valence-electron chi connectivity index (χ4n) is 2.13. The maximum atomic E-state index is 6.35. The summed E-state index contributed by atoms with van der Waals surface area (Å²) >= 11 is 6.05. The first-order valence-electron chi connectivity index (χ1n) is 6.22. The molecule has 2 N–H and O–H groups in total. The molecule has 0 aliphatic heterocycles. The zero-order valence-corrected chi connectivity index (χ0v) is 11.5. The Labute approximate surface area is 114 Å². The third-order valence-electron chi connectivity index (χ3n) is 3.29. The van der Waals surface area contributed by atoms with E-state index in [0.29, 0.717) is 0 Å². The molecule has 0 heterocycles. The predicted molar refractivity (Wildman–Crippen MR) is 78.0 cm³/mol. The van der Waals surface area contributed by atoms with Crippen molar-refractivity contribution in [3.8, 4) is 0 Å². The summed E-state index contributed by atoms with van der Waals surface area (Å²) in [5, 5.41) is 0.734. The van der Waals surface area contributed by atoms with Gasteiger partial charge < -0.3 is 5.73 Å². The van der Waals surface area contributed by atoms with Crippen LogP contribution in [-0.2, 0) is 6.42 Å². The Morgan fingerprint density at radius 2 is 1.94 bits per heavy atom. The van der Waals surface area contributed by atoms with Gasteiger partial charge in [-0.15, -0.1) is 0 Å². The Morgan fingerprint density at radius 1 is 1.17 bits per heavy atom. The fraction of sp³-hybridized carbons (Fsp3) is 0.250. The van der Waals surface area contributed by atoms with Crippen LogP contribution in [0.5, 0.6) is 0 Å². The van der Waals surface area contributed by atoms with E-state index in [9.17, 15) is 0 Å². The van der Waals surface area contributed by atoms with Gasteiger partial charge in [-0.05, 0) is 47.7 Å². The molecule has 2 aromatic carbocycles. The largest absolute Gasteiger partial charge is 0.320 e. The van der Waals surface area contributed by atoms with Gasteiger partial charge in [0.2, 0.25) is 0 Å². The molecule has 0 aliphatic carbocycles. The summed E-state index contributed by atoms with van der Waals surface area (Å²) in [4.78, 5) is 0. The van der Waals surface area contributed by atoms with Crippen molar-refractivity contribution in [2.45, 2.75) is 26.3 Å². The van der Waals surface area contributed by atoms with Crippen molar-refractivity contribution in [3.63, 3.8) is 0 Å². The number of benzene rings is 2. The number of halogens is 1. The smallest absolute Gasteiger partial charge is 0.0554 e. The standard InChI is InChI=1S/C16H18ClN/c1-3-12-5-4-6-13(9-12)16(18)15-10-14(17)8-7-11(15)2/h4-10,16H,3,18H2,1-2H3. The van der Waals surface area contributed by atoms with E-state index in [1.54, 1.807) is 0 Å². The first-order valence-corrected chi connectivity index (χ1v) is 6.60. The first-order chi connectivity index (χ1) is 8.61. The monoisotopic (exact) mass is 259 g/mol. The fourth-order valence-corrected chi connectivity index (χ4v) is 2.31. The highest BCUT2D eigenvalue weighted by Crippen LogP contribution is 2.26. The van der Waals surface area contributed by atoms with Gasteiger partial charge in [0.05, 0.1) is 6.04 Å². The molecule has 0 saturated heterocycles. The molecule has 18 heavy (non-hydrogen) atoms. The highest BCUT2D eigenvalue weighted by molar-refractivity contribution is 6.30. The quantitative estimate of drug-likeness (QED) is 0.876. The molecule has 2 rings (SSSR count). The van der Waals surface area contributed by atoms with E-state index in [-0.39, 0.29) is 6.04 Å². The number of aryl methyl sites for hydroxylation is 2. The molecule has 2 aromatic rings. The van der Waals surface area contributed by atoms with Crippen LogP contribution in [0, 0.1) is 6.92 Å². The molecule has 0 aromatic heterocycles. The van der Waals surface area contributed by atoms with E-state index in [1.807, 2.05) is 18.2 Å². The van der Waals surface area contributed by atoms with Crippen LogP contribution in [0.1, 0.15) is 35.2 Å². The van der Waals surface area contributed by atoms with Gasteiger partial charge in [-0.1, -0.05) is 48.9 Å². The Balaban J connectivity index is 2.40. The summed E-state index contributed by atoms with van der Waals surface area (Å²) in [6.07, 6.45) is 1.02. The SMILES string of the molecule is CCc1cccc(C(N)c2cc(Cl)ccc2C)c1. The van der Waals surface area contributed by atoms with Crippen LogP contribution in [0.3, 0.4) is 0 Å². The van der Waals surface area contributed by atoms with Crippen molar-refractivity contribution in [1.82, 2.24) is 0 Å². The van der Waals surface area contributed by atoms with E-state index in [4.69, 9.17) is 17.3 Å². The summed E-state index contributed by atoms with van der Waals surface area (Å²) in [6.45, 7) is 4.21. The molecule has 0 spiro atoms. The van der Waals surface area contributed by atoms with Gasteiger partial charge in [-0.25, -0.2) is 0 Å². The van der Waals surface area contributed by atoms with Gasteiger partial charge in [0.1, 0.15) is 0 Å². The molecule has 0 radical (unpaired) electrons. The van der Waals surface area contributed by atoms with Gasteiger partial charge in [-0.2, -0.15) is 0 Å². The molecule has 0 amide bonds. The number of hydrogen-bond acceptors (Lipinski definition) is 1. The Morgan fingerprint density at radius 3 is 2.67 bits per heavy atom. The lowest BCUT2D eigenvalue weighted by Crippen LogP contribution is -2.13. The Kier molecular flexibility index (Phi) is 4.05. The van der Waals surface area contributed by atoms with Gasteiger partial charge in [0.15, 0.2) is 0 Å². The van der Waals surface area contributed by atoms with Gasteiger partial charge in [-0.3, -0.25) is 0 Å². The minimum atomic E-state index is -0.116. The van der Waals surface area contributed by atoms with Crippen molar-refractivity contribution in [3.05, 3.63) is 69.7 Å². The van der Waals surface area contributed by atoms with Crippen LogP contribution in [-0.4, -0.2) is 0 Å². The maximum absolute atomic E-state index is 6.35. The number of hydrogen-bond donors (Lipinski definition) is 1. The maximum Gasteiger partial charge on any atom is 0.0554 e. The lowest BCUT2D eigenvalue weighted by molar-refractivity contribution is 0.858. The zero-order valence-electron chi connectivity index (χ0n) is 10.8. The van der Waals surface area contributed by atoms with E-state index < -0.39 is 0 Å². The normalized spacial score (nSPS) is 12.4. The van der Waals surface area contributed by atoms with E-state index in [0.717, 1.165) is 22.6 Å². The average Bonchev–Trinajstić information content (AvgIpc) is 2.41. The summed E-state index contributed by atoms with van der Waals surface area (Å²) < 4.78 is 0. The second-order valence-corrected chi connectivity index (χ2v) is 5.01. The number of rotatable bonds is 3. The molecule has 1 nitrogen and oxygen atoms in total. The molecule has 2 heteroatoms. The second-order valence-electron chi connectivity index (χ2n) is 4.58. The number of nitrogens with two attached hydrogens (primary N) is 1. The minimum Gasteiger partial charge on any atom is -0.320 e. The van der Waals surface area contributed by atoms with E-state index >= 15 is 0 Å². The van der Waals surface area contributed by atoms with E-state index in [1.165, 1.54) is 11.1 Å². The van der Waals surface area contributed by atoms with Crippen molar-refractivity contribution in [1.29, 1.82) is 0 Å². The Bertz CT molecular complexity index is 549. The highest BCUT2D eigenvalue weighted by Gasteiger charge is 2.12. The summed E-state index contributed by atoms with van der Waals surface area (Å²) in [6, 6.07) is 14.2. The summed E-state index contributed by atoms with van der Waals surface area (Å²) in [5.74, 6) is 0. The van der Waals surface area contributed by atoms with Gasteiger partial charge >= 0.3 is 0 Å². The van der Waals surface area contributed by atoms with Crippen molar-refractivity contribution in [2.24, 2.45) is 5.73 Å². The molecule has 0 bridgehead atoms. The summed E-state index contributed by atoms with van der Waals surface area (Å²) in [7, 11) is 0. The predicted octanol–water partition coefficient (Wildman–Crippen LogP) is 4.26. The lowest BCUT2D eigenvalue weighted by Gasteiger charge is -2.16. The molecule has 1 atom stereocenters. The molecule has 0 fully saturated rings. The van der Waals surface area contributed by atoms with Crippen LogP contribution >= 0.6 is 11.6 Å². The molecule has 94 valence electrons. The summed E-state index contributed by atoms with van der Waals surface area (Å²) in [5.41, 5.74) is 11.1. The Hall–Kier alpha value is -1.31. The molecule has 0 saturated carbocycles.